The monoisotopic (exact) mass is 353 g/mol. The number of rotatable bonds is 3. The molecule has 0 bridgehead atoms. The van der Waals surface area contributed by atoms with E-state index in [1.807, 2.05) is 0 Å². The zero-order chi connectivity index (χ0) is 17.5. The van der Waals surface area contributed by atoms with Gasteiger partial charge in [0.15, 0.2) is 17.5 Å². The standard InChI is InChI=1S/C17H14F3NO2S/c18-15-8-11(9-16(19)17(15)20)14-3-1-2-13(14)10-4-6-12(7-5-10)24(21,22)23/h4-9H,1-3H2,(H2,21,22,23). The van der Waals surface area contributed by atoms with Crippen LogP contribution >= 0.6 is 0 Å². The second-order valence-corrected chi connectivity index (χ2v) is 7.20. The lowest BCUT2D eigenvalue weighted by atomic mass is 9.97. The van der Waals surface area contributed by atoms with Gasteiger partial charge in [0.25, 0.3) is 0 Å². The summed E-state index contributed by atoms with van der Waals surface area (Å²) in [6, 6.07) is 7.96. The maximum atomic E-state index is 13.5. The molecule has 0 radical (unpaired) electrons. The molecule has 0 saturated carbocycles. The van der Waals surface area contributed by atoms with Crippen LogP contribution in [0.15, 0.2) is 41.3 Å². The predicted octanol–water partition coefficient (Wildman–Crippen LogP) is 3.85. The second kappa shape index (κ2) is 6.07. The number of halogens is 3. The molecule has 3 nitrogen and oxygen atoms in total. The van der Waals surface area contributed by atoms with Gasteiger partial charge in [-0.2, -0.15) is 0 Å². The van der Waals surface area contributed by atoms with Gasteiger partial charge in [0.2, 0.25) is 10.0 Å². The zero-order valence-electron chi connectivity index (χ0n) is 12.5. The van der Waals surface area contributed by atoms with Crippen LogP contribution in [0, 0.1) is 17.5 Å². The molecule has 3 rings (SSSR count). The van der Waals surface area contributed by atoms with Crippen molar-refractivity contribution in [3.63, 3.8) is 0 Å². The Bertz CT molecular complexity index is 912. The van der Waals surface area contributed by atoms with E-state index in [1.54, 1.807) is 12.1 Å². The van der Waals surface area contributed by atoms with Crippen LogP contribution in [0.3, 0.4) is 0 Å². The summed E-state index contributed by atoms with van der Waals surface area (Å²) in [4.78, 5) is -0.00901. The largest absolute Gasteiger partial charge is 0.238 e. The number of nitrogens with two attached hydrogens (primary N) is 1. The Balaban J connectivity index is 2.07. The van der Waals surface area contributed by atoms with E-state index in [2.05, 4.69) is 0 Å². The fraction of sp³-hybridized carbons (Fsp3) is 0.176. The van der Waals surface area contributed by atoms with E-state index in [0.717, 1.165) is 35.3 Å². The first-order valence-corrected chi connectivity index (χ1v) is 8.82. The molecule has 126 valence electrons. The summed E-state index contributed by atoms with van der Waals surface area (Å²) in [7, 11) is -3.78. The first-order chi connectivity index (χ1) is 11.3. The van der Waals surface area contributed by atoms with E-state index < -0.39 is 27.5 Å². The van der Waals surface area contributed by atoms with Crippen LogP contribution < -0.4 is 5.14 Å². The topological polar surface area (TPSA) is 60.2 Å². The van der Waals surface area contributed by atoms with Gasteiger partial charge >= 0.3 is 0 Å². The van der Waals surface area contributed by atoms with Crippen molar-refractivity contribution < 1.29 is 21.6 Å². The highest BCUT2D eigenvalue weighted by Gasteiger charge is 2.21. The molecule has 2 N–H and O–H groups in total. The van der Waals surface area contributed by atoms with Gasteiger partial charge in [0, 0.05) is 0 Å². The van der Waals surface area contributed by atoms with Crippen molar-refractivity contribution >= 4 is 21.2 Å². The molecule has 2 aromatic carbocycles. The van der Waals surface area contributed by atoms with Crippen LogP contribution in [-0.4, -0.2) is 8.42 Å². The predicted molar refractivity (Wildman–Crippen MR) is 84.8 cm³/mol. The summed E-state index contributed by atoms with van der Waals surface area (Å²) in [6.07, 6.45) is 2.09. The summed E-state index contributed by atoms with van der Waals surface area (Å²) in [6.45, 7) is 0. The van der Waals surface area contributed by atoms with Crippen LogP contribution in [0.4, 0.5) is 13.2 Å². The summed E-state index contributed by atoms with van der Waals surface area (Å²) in [5.74, 6) is -3.95. The van der Waals surface area contributed by atoms with Crippen molar-refractivity contribution in [2.75, 3.05) is 0 Å². The quantitative estimate of drug-likeness (QED) is 0.852. The Labute approximate surface area is 137 Å². The Kier molecular flexibility index (Phi) is 4.23. The van der Waals surface area contributed by atoms with E-state index in [0.29, 0.717) is 18.4 Å². The third-order valence-corrected chi connectivity index (χ3v) is 5.01. The summed E-state index contributed by atoms with van der Waals surface area (Å²) >= 11 is 0. The van der Waals surface area contributed by atoms with Crippen LogP contribution in [0.25, 0.3) is 11.1 Å². The van der Waals surface area contributed by atoms with Gasteiger partial charge in [-0.1, -0.05) is 12.1 Å². The minimum Gasteiger partial charge on any atom is -0.225 e. The molecule has 0 spiro atoms. The van der Waals surface area contributed by atoms with Crippen molar-refractivity contribution in [3.05, 3.63) is 65.0 Å². The number of sulfonamides is 1. The average molecular weight is 353 g/mol. The summed E-state index contributed by atoms with van der Waals surface area (Å²) in [5, 5.41) is 5.07. The zero-order valence-corrected chi connectivity index (χ0v) is 13.3. The first-order valence-electron chi connectivity index (χ1n) is 7.27. The van der Waals surface area contributed by atoms with Crippen LogP contribution in [-0.2, 0) is 10.0 Å². The molecule has 2 aromatic rings. The van der Waals surface area contributed by atoms with Gasteiger partial charge in [-0.05, 0) is 65.8 Å². The van der Waals surface area contributed by atoms with E-state index in [-0.39, 0.29) is 4.90 Å². The fourth-order valence-electron chi connectivity index (χ4n) is 2.96. The Hall–Kier alpha value is -2.12. The van der Waals surface area contributed by atoms with Gasteiger partial charge in [-0.3, -0.25) is 0 Å². The van der Waals surface area contributed by atoms with Crippen molar-refractivity contribution in [3.8, 4) is 0 Å². The van der Waals surface area contributed by atoms with E-state index >= 15 is 0 Å². The molecule has 0 aromatic heterocycles. The third-order valence-electron chi connectivity index (χ3n) is 4.08. The van der Waals surface area contributed by atoms with Gasteiger partial charge in [0.1, 0.15) is 0 Å². The maximum absolute atomic E-state index is 13.5. The van der Waals surface area contributed by atoms with E-state index in [4.69, 9.17) is 5.14 Å². The maximum Gasteiger partial charge on any atom is 0.238 e. The Morgan fingerprint density at radius 2 is 1.33 bits per heavy atom. The Morgan fingerprint density at radius 3 is 1.83 bits per heavy atom. The summed E-state index contributed by atoms with van der Waals surface area (Å²) < 4.78 is 62.7. The molecule has 1 aliphatic rings. The van der Waals surface area contributed by atoms with Crippen LogP contribution in [0.1, 0.15) is 30.4 Å². The number of benzene rings is 2. The van der Waals surface area contributed by atoms with Gasteiger partial charge in [-0.25, -0.2) is 26.7 Å². The lowest BCUT2D eigenvalue weighted by molar-refractivity contribution is 0.446. The molecule has 0 aliphatic heterocycles. The molecule has 0 amide bonds. The number of hydrogen-bond acceptors (Lipinski definition) is 2. The molecule has 0 saturated heterocycles. The third kappa shape index (κ3) is 3.09. The number of allylic oxidation sites excluding steroid dienone is 2. The van der Waals surface area contributed by atoms with Crippen molar-refractivity contribution in [1.29, 1.82) is 0 Å². The van der Waals surface area contributed by atoms with E-state index in [9.17, 15) is 21.6 Å². The molecular formula is C17H14F3NO2S. The second-order valence-electron chi connectivity index (χ2n) is 5.63. The van der Waals surface area contributed by atoms with Gasteiger partial charge in [0.05, 0.1) is 4.90 Å². The molecular weight excluding hydrogens is 339 g/mol. The lowest BCUT2D eigenvalue weighted by Crippen LogP contribution is -2.11. The lowest BCUT2D eigenvalue weighted by Gasteiger charge is -2.10. The van der Waals surface area contributed by atoms with Crippen molar-refractivity contribution in [2.45, 2.75) is 24.2 Å². The van der Waals surface area contributed by atoms with Crippen molar-refractivity contribution in [2.24, 2.45) is 5.14 Å². The molecule has 0 heterocycles. The highest BCUT2D eigenvalue weighted by molar-refractivity contribution is 7.89. The van der Waals surface area contributed by atoms with Gasteiger partial charge < -0.3 is 0 Å². The highest BCUT2D eigenvalue weighted by Crippen LogP contribution is 2.40. The minimum atomic E-state index is -3.78. The minimum absolute atomic E-state index is 0.00901. The smallest absolute Gasteiger partial charge is 0.225 e. The molecule has 0 unspecified atom stereocenters. The van der Waals surface area contributed by atoms with Gasteiger partial charge in [-0.15, -0.1) is 0 Å². The number of hydrogen-bond donors (Lipinski definition) is 1. The van der Waals surface area contributed by atoms with E-state index in [1.165, 1.54) is 12.1 Å². The molecule has 0 fully saturated rings. The molecule has 0 atom stereocenters. The normalized spacial score (nSPS) is 15.2. The highest BCUT2D eigenvalue weighted by atomic mass is 32.2. The molecule has 7 heteroatoms. The molecule has 1 aliphatic carbocycles. The summed E-state index contributed by atoms with van der Waals surface area (Å²) in [5.41, 5.74) is 2.65. The first kappa shape index (κ1) is 16.7. The molecule has 24 heavy (non-hydrogen) atoms. The number of primary sulfonamides is 1. The van der Waals surface area contributed by atoms with Crippen LogP contribution in [0.5, 0.6) is 0 Å². The SMILES string of the molecule is NS(=O)(=O)c1ccc(C2=C(c3cc(F)c(F)c(F)c3)CCC2)cc1. The average Bonchev–Trinajstić information content (AvgIpc) is 3.01. The fourth-order valence-corrected chi connectivity index (χ4v) is 3.47. The van der Waals surface area contributed by atoms with Crippen LogP contribution in [0.2, 0.25) is 0 Å². The Morgan fingerprint density at radius 1 is 0.833 bits per heavy atom. The van der Waals surface area contributed by atoms with Crippen molar-refractivity contribution in [1.82, 2.24) is 0 Å².